The molecule has 0 spiro atoms. The fourth-order valence-electron chi connectivity index (χ4n) is 2.53. The summed E-state index contributed by atoms with van der Waals surface area (Å²) in [6.07, 6.45) is 2.87. The van der Waals surface area contributed by atoms with E-state index in [1.165, 1.54) is 18.3 Å². The van der Waals surface area contributed by atoms with Gasteiger partial charge in [0.2, 0.25) is 0 Å². The Morgan fingerprint density at radius 3 is 2.45 bits per heavy atom. The smallest absolute Gasteiger partial charge is 0.274 e. The van der Waals surface area contributed by atoms with Crippen LogP contribution in [-0.4, -0.2) is 39.7 Å². The van der Waals surface area contributed by atoms with Crippen molar-refractivity contribution in [3.05, 3.63) is 47.8 Å². The van der Waals surface area contributed by atoms with Gasteiger partial charge in [-0.15, -0.1) is 0 Å². The molecule has 7 heteroatoms. The molecule has 0 radical (unpaired) electrons. The number of hydrogen-bond acceptors (Lipinski definition) is 3. The van der Waals surface area contributed by atoms with Crippen molar-refractivity contribution < 1.29 is 13.6 Å². The van der Waals surface area contributed by atoms with E-state index in [1.54, 1.807) is 4.90 Å². The highest BCUT2D eigenvalue weighted by Gasteiger charge is 2.24. The van der Waals surface area contributed by atoms with Crippen LogP contribution in [0.15, 0.2) is 30.5 Å². The lowest BCUT2D eigenvalue weighted by molar-refractivity contribution is 0.0708. The van der Waals surface area contributed by atoms with Gasteiger partial charge in [0.1, 0.15) is 5.69 Å². The molecule has 3 rings (SSSR count). The van der Waals surface area contributed by atoms with Crippen LogP contribution in [0, 0.1) is 11.6 Å². The number of nitrogens with zero attached hydrogens (tertiary/aromatic N) is 3. The van der Waals surface area contributed by atoms with Crippen molar-refractivity contribution in [1.82, 2.24) is 14.7 Å². The van der Waals surface area contributed by atoms with Gasteiger partial charge in [-0.1, -0.05) is 6.07 Å². The molecule has 1 aliphatic rings. The zero-order valence-electron chi connectivity index (χ0n) is 11.9. The molecule has 116 valence electrons. The van der Waals surface area contributed by atoms with Gasteiger partial charge in [-0.05, 0) is 31.0 Å². The fourth-order valence-corrected chi connectivity index (χ4v) is 2.53. The Labute approximate surface area is 126 Å². The molecule has 1 aliphatic heterocycles. The number of piperidine rings is 1. The molecule has 2 N–H and O–H groups in total. The van der Waals surface area contributed by atoms with Gasteiger partial charge in [0.15, 0.2) is 17.3 Å². The first kappa shape index (κ1) is 14.6. The summed E-state index contributed by atoms with van der Waals surface area (Å²) >= 11 is 0. The molecule has 2 aromatic rings. The molecule has 1 aromatic carbocycles. The van der Waals surface area contributed by atoms with E-state index in [4.69, 9.17) is 5.73 Å². The lowest BCUT2D eigenvalue weighted by atomic mass is 10.1. The molecule has 5 nitrogen and oxygen atoms in total. The molecule has 2 heterocycles. The topological polar surface area (TPSA) is 64.2 Å². The van der Waals surface area contributed by atoms with Crippen LogP contribution in [0.25, 0.3) is 5.69 Å². The molecule has 1 aromatic heterocycles. The van der Waals surface area contributed by atoms with Crippen molar-refractivity contribution in [3.8, 4) is 5.69 Å². The maximum absolute atomic E-state index is 13.7. The van der Waals surface area contributed by atoms with Crippen molar-refractivity contribution in [2.24, 2.45) is 5.73 Å². The third-order valence-corrected chi connectivity index (χ3v) is 3.80. The molecule has 1 amide bonds. The van der Waals surface area contributed by atoms with Crippen LogP contribution in [0.4, 0.5) is 8.78 Å². The number of benzene rings is 1. The Bertz CT molecular complexity index is 672. The van der Waals surface area contributed by atoms with E-state index in [1.807, 2.05) is 0 Å². The molecule has 0 atom stereocenters. The molecule has 22 heavy (non-hydrogen) atoms. The molecular formula is C15H16F2N4O. The number of carbonyl (C=O) groups is 1. The summed E-state index contributed by atoms with van der Waals surface area (Å²) < 4.78 is 28.5. The van der Waals surface area contributed by atoms with Gasteiger partial charge in [0.05, 0.1) is 0 Å². The van der Waals surface area contributed by atoms with E-state index in [2.05, 4.69) is 5.10 Å². The number of nitrogens with two attached hydrogens (primary N) is 1. The zero-order chi connectivity index (χ0) is 15.7. The van der Waals surface area contributed by atoms with E-state index in [0.717, 1.165) is 29.7 Å². The first-order valence-corrected chi connectivity index (χ1v) is 7.11. The molecule has 0 saturated carbocycles. The quantitative estimate of drug-likeness (QED) is 0.919. The van der Waals surface area contributed by atoms with E-state index in [-0.39, 0.29) is 23.3 Å². The van der Waals surface area contributed by atoms with Crippen LogP contribution in [-0.2, 0) is 0 Å². The highest BCUT2D eigenvalue weighted by Crippen LogP contribution is 2.18. The lowest BCUT2D eigenvalue weighted by Crippen LogP contribution is -2.43. The molecule has 1 saturated heterocycles. The van der Waals surface area contributed by atoms with Crippen LogP contribution in [0.3, 0.4) is 0 Å². The molecule has 1 fully saturated rings. The van der Waals surface area contributed by atoms with Gasteiger partial charge in [0, 0.05) is 25.3 Å². The van der Waals surface area contributed by atoms with Gasteiger partial charge >= 0.3 is 0 Å². The van der Waals surface area contributed by atoms with Crippen LogP contribution in [0.1, 0.15) is 23.3 Å². The highest BCUT2D eigenvalue weighted by molar-refractivity contribution is 5.92. The number of amides is 1. The Balaban J connectivity index is 1.83. The van der Waals surface area contributed by atoms with E-state index in [9.17, 15) is 13.6 Å². The summed E-state index contributed by atoms with van der Waals surface area (Å²) in [4.78, 5) is 14.0. The summed E-state index contributed by atoms with van der Waals surface area (Å²) in [6, 6.07) is 5.15. The lowest BCUT2D eigenvalue weighted by Gasteiger charge is -2.29. The van der Waals surface area contributed by atoms with Crippen LogP contribution in [0.5, 0.6) is 0 Å². The molecule has 0 aliphatic carbocycles. The molecule has 0 bridgehead atoms. The Kier molecular flexibility index (Phi) is 3.89. The minimum atomic E-state index is -0.731. The predicted octanol–water partition coefficient (Wildman–Crippen LogP) is 1.71. The van der Waals surface area contributed by atoms with Crippen molar-refractivity contribution >= 4 is 5.91 Å². The standard InChI is InChI=1S/C15H16F2N4O/c16-11-2-1-3-12(17)14(11)21-9-6-13(19-21)15(22)20-7-4-10(18)5-8-20/h1-3,6,9-10H,4-5,7-8,18H2. The van der Waals surface area contributed by atoms with E-state index in [0.29, 0.717) is 13.1 Å². The van der Waals surface area contributed by atoms with Gasteiger partial charge in [-0.2, -0.15) is 5.10 Å². The monoisotopic (exact) mass is 306 g/mol. The Morgan fingerprint density at radius 1 is 1.18 bits per heavy atom. The number of aromatic nitrogens is 2. The van der Waals surface area contributed by atoms with Gasteiger partial charge in [0.25, 0.3) is 5.91 Å². The maximum atomic E-state index is 13.7. The van der Waals surface area contributed by atoms with Crippen LogP contribution >= 0.6 is 0 Å². The minimum absolute atomic E-state index is 0.120. The number of carbonyl (C=O) groups excluding carboxylic acids is 1. The number of rotatable bonds is 2. The first-order valence-electron chi connectivity index (χ1n) is 7.11. The second-order valence-electron chi connectivity index (χ2n) is 5.35. The fraction of sp³-hybridized carbons (Fsp3) is 0.333. The second kappa shape index (κ2) is 5.84. The first-order chi connectivity index (χ1) is 10.6. The Morgan fingerprint density at radius 2 is 1.82 bits per heavy atom. The molecular weight excluding hydrogens is 290 g/mol. The van der Waals surface area contributed by atoms with Gasteiger partial charge in [-0.3, -0.25) is 4.79 Å². The predicted molar refractivity (Wildman–Crippen MR) is 76.6 cm³/mol. The summed E-state index contributed by atoms with van der Waals surface area (Å²) in [6.45, 7) is 1.14. The third-order valence-electron chi connectivity index (χ3n) is 3.80. The maximum Gasteiger partial charge on any atom is 0.274 e. The van der Waals surface area contributed by atoms with Crippen molar-refractivity contribution in [2.75, 3.05) is 13.1 Å². The average Bonchev–Trinajstić information content (AvgIpc) is 2.97. The summed E-state index contributed by atoms with van der Waals surface area (Å²) in [5.74, 6) is -1.71. The normalized spacial score (nSPS) is 16.0. The summed E-state index contributed by atoms with van der Waals surface area (Å²) in [5.41, 5.74) is 5.68. The van der Waals surface area contributed by atoms with Crippen LogP contribution < -0.4 is 5.73 Å². The third kappa shape index (κ3) is 2.71. The van der Waals surface area contributed by atoms with Crippen LogP contribution in [0.2, 0.25) is 0 Å². The molecule has 0 unspecified atom stereocenters. The van der Waals surface area contributed by atoms with E-state index < -0.39 is 11.6 Å². The number of hydrogen-bond donors (Lipinski definition) is 1. The van der Waals surface area contributed by atoms with Crippen molar-refractivity contribution in [3.63, 3.8) is 0 Å². The van der Waals surface area contributed by atoms with Gasteiger partial charge in [-0.25, -0.2) is 13.5 Å². The zero-order valence-corrected chi connectivity index (χ0v) is 11.9. The highest BCUT2D eigenvalue weighted by atomic mass is 19.1. The van der Waals surface area contributed by atoms with Gasteiger partial charge < -0.3 is 10.6 Å². The minimum Gasteiger partial charge on any atom is -0.337 e. The Hall–Kier alpha value is -2.28. The van der Waals surface area contributed by atoms with Crippen molar-refractivity contribution in [2.45, 2.75) is 18.9 Å². The largest absolute Gasteiger partial charge is 0.337 e. The number of para-hydroxylation sites is 1. The van der Waals surface area contributed by atoms with E-state index >= 15 is 0 Å². The average molecular weight is 306 g/mol. The second-order valence-corrected chi connectivity index (χ2v) is 5.35. The summed E-state index contributed by atoms with van der Waals surface area (Å²) in [7, 11) is 0. The summed E-state index contributed by atoms with van der Waals surface area (Å²) in [5, 5.41) is 4.01. The van der Waals surface area contributed by atoms with Crippen molar-refractivity contribution in [1.29, 1.82) is 0 Å². The number of likely N-dealkylation sites (tertiary alicyclic amines) is 1. The SMILES string of the molecule is NC1CCN(C(=O)c2ccn(-c3c(F)cccc3F)n2)CC1. The number of halogens is 2.